The first-order valence-corrected chi connectivity index (χ1v) is 5.50. The zero-order chi connectivity index (χ0) is 10.3. The number of anilines is 1. The van der Waals surface area contributed by atoms with Crippen LogP contribution >= 0.6 is 15.9 Å². The molecule has 0 fully saturated rings. The summed E-state index contributed by atoms with van der Waals surface area (Å²) in [4.78, 5) is 0. The van der Waals surface area contributed by atoms with Crippen molar-refractivity contribution >= 4 is 21.6 Å². The number of rotatable bonds is 1. The van der Waals surface area contributed by atoms with Crippen LogP contribution in [0.3, 0.4) is 0 Å². The Bertz CT molecular complexity index is 377. The molecular weight excluding hydrogens is 246 g/mol. The van der Waals surface area contributed by atoms with Crippen LogP contribution in [0.25, 0.3) is 0 Å². The van der Waals surface area contributed by atoms with Crippen molar-refractivity contribution in [3.63, 3.8) is 0 Å². The van der Waals surface area contributed by atoms with E-state index < -0.39 is 5.79 Å². The van der Waals surface area contributed by atoms with E-state index in [4.69, 9.17) is 15.2 Å². The van der Waals surface area contributed by atoms with Crippen molar-refractivity contribution < 1.29 is 9.47 Å². The monoisotopic (exact) mass is 257 g/mol. The van der Waals surface area contributed by atoms with Crippen molar-refractivity contribution in [1.29, 1.82) is 0 Å². The zero-order valence-electron chi connectivity index (χ0n) is 8.13. The summed E-state index contributed by atoms with van der Waals surface area (Å²) >= 11 is 3.38. The molecule has 0 atom stereocenters. The lowest BCUT2D eigenvalue weighted by Crippen LogP contribution is -2.29. The molecule has 1 aromatic rings. The quantitative estimate of drug-likeness (QED) is 0.622. The van der Waals surface area contributed by atoms with Gasteiger partial charge in [-0.2, -0.15) is 0 Å². The SMILES string of the molecule is CC1(C)Oc2cc(CBr)cc(N)c2O1. The number of nitrogen functional groups attached to an aromatic ring is 1. The number of benzene rings is 1. The molecule has 1 aliphatic rings. The molecule has 0 saturated heterocycles. The lowest BCUT2D eigenvalue weighted by atomic mass is 10.2. The van der Waals surface area contributed by atoms with Gasteiger partial charge in [0, 0.05) is 19.2 Å². The van der Waals surface area contributed by atoms with Crippen molar-refractivity contribution in [2.45, 2.75) is 25.0 Å². The third-order valence-corrected chi connectivity index (χ3v) is 2.65. The predicted molar refractivity (Wildman–Crippen MR) is 58.8 cm³/mol. The highest BCUT2D eigenvalue weighted by Gasteiger charge is 2.33. The van der Waals surface area contributed by atoms with Crippen LogP contribution in [0.4, 0.5) is 5.69 Å². The molecule has 0 aliphatic carbocycles. The molecule has 0 radical (unpaired) electrons. The molecule has 0 unspecified atom stereocenters. The number of alkyl halides is 1. The van der Waals surface area contributed by atoms with E-state index >= 15 is 0 Å². The van der Waals surface area contributed by atoms with E-state index in [1.807, 2.05) is 26.0 Å². The summed E-state index contributed by atoms with van der Waals surface area (Å²) in [6, 6.07) is 3.83. The molecule has 4 heteroatoms. The number of hydrogen-bond donors (Lipinski definition) is 1. The fourth-order valence-electron chi connectivity index (χ4n) is 1.48. The number of nitrogens with two attached hydrogens (primary N) is 1. The topological polar surface area (TPSA) is 44.5 Å². The highest BCUT2D eigenvalue weighted by atomic mass is 79.9. The van der Waals surface area contributed by atoms with Crippen LogP contribution in [0.5, 0.6) is 11.5 Å². The molecule has 2 rings (SSSR count). The van der Waals surface area contributed by atoms with Crippen LogP contribution in [0, 0.1) is 0 Å². The second-order valence-corrected chi connectivity index (χ2v) is 4.31. The Kier molecular flexibility index (Phi) is 2.10. The molecule has 76 valence electrons. The highest BCUT2D eigenvalue weighted by molar-refractivity contribution is 9.08. The summed E-state index contributed by atoms with van der Waals surface area (Å²) in [7, 11) is 0. The summed E-state index contributed by atoms with van der Waals surface area (Å²) in [5.74, 6) is 0.769. The van der Waals surface area contributed by atoms with Gasteiger partial charge in [-0.25, -0.2) is 0 Å². The maximum absolute atomic E-state index is 5.84. The van der Waals surface area contributed by atoms with Gasteiger partial charge in [0.05, 0.1) is 5.69 Å². The van der Waals surface area contributed by atoms with Gasteiger partial charge in [0.25, 0.3) is 0 Å². The highest BCUT2D eigenvalue weighted by Crippen LogP contribution is 2.44. The average molecular weight is 258 g/mol. The molecule has 0 amide bonds. The fraction of sp³-hybridized carbons (Fsp3) is 0.400. The van der Waals surface area contributed by atoms with Crippen LogP contribution in [0.1, 0.15) is 19.4 Å². The van der Waals surface area contributed by atoms with Crippen molar-refractivity contribution in [1.82, 2.24) is 0 Å². The first-order chi connectivity index (χ1) is 6.52. The van der Waals surface area contributed by atoms with E-state index in [0.717, 1.165) is 16.6 Å². The third kappa shape index (κ3) is 1.54. The third-order valence-electron chi connectivity index (χ3n) is 2.00. The van der Waals surface area contributed by atoms with Crippen molar-refractivity contribution in [2.75, 3.05) is 5.73 Å². The molecule has 3 nitrogen and oxygen atoms in total. The molecule has 1 heterocycles. The lowest BCUT2D eigenvalue weighted by Gasteiger charge is -2.16. The maximum atomic E-state index is 5.84. The van der Waals surface area contributed by atoms with E-state index in [9.17, 15) is 0 Å². The Labute approximate surface area is 91.3 Å². The smallest absolute Gasteiger partial charge is 0.246 e. The van der Waals surface area contributed by atoms with E-state index in [0.29, 0.717) is 11.4 Å². The molecule has 0 bridgehead atoms. The molecule has 2 N–H and O–H groups in total. The summed E-state index contributed by atoms with van der Waals surface area (Å²) in [6.45, 7) is 3.72. The predicted octanol–water partition coefficient (Wildman–Crippen LogP) is 2.67. The van der Waals surface area contributed by atoms with E-state index in [-0.39, 0.29) is 0 Å². The summed E-state index contributed by atoms with van der Waals surface area (Å²) < 4.78 is 11.2. The minimum absolute atomic E-state index is 0.610. The second kappa shape index (κ2) is 3.05. The van der Waals surface area contributed by atoms with Gasteiger partial charge in [0.2, 0.25) is 5.79 Å². The lowest BCUT2D eigenvalue weighted by molar-refractivity contribution is -0.0428. The van der Waals surface area contributed by atoms with Gasteiger partial charge in [-0.05, 0) is 17.7 Å². The van der Waals surface area contributed by atoms with Crippen molar-refractivity contribution in [2.24, 2.45) is 0 Å². The van der Waals surface area contributed by atoms with Gasteiger partial charge in [-0.1, -0.05) is 15.9 Å². The number of hydrogen-bond acceptors (Lipinski definition) is 3. The molecule has 0 saturated carbocycles. The number of fused-ring (bicyclic) bond motifs is 1. The number of ether oxygens (including phenoxy) is 2. The second-order valence-electron chi connectivity index (χ2n) is 3.75. The van der Waals surface area contributed by atoms with Crippen molar-refractivity contribution in [3.05, 3.63) is 17.7 Å². The van der Waals surface area contributed by atoms with Gasteiger partial charge < -0.3 is 15.2 Å². The molecule has 0 aromatic heterocycles. The Morgan fingerprint density at radius 3 is 2.71 bits per heavy atom. The van der Waals surface area contributed by atoms with Gasteiger partial charge in [-0.15, -0.1) is 0 Å². The molecule has 0 spiro atoms. The van der Waals surface area contributed by atoms with Crippen LogP contribution < -0.4 is 15.2 Å². The van der Waals surface area contributed by atoms with E-state index in [1.165, 1.54) is 0 Å². The van der Waals surface area contributed by atoms with Crippen LogP contribution in [-0.4, -0.2) is 5.79 Å². The van der Waals surface area contributed by atoms with Gasteiger partial charge >= 0.3 is 0 Å². The van der Waals surface area contributed by atoms with E-state index in [2.05, 4.69) is 15.9 Å². The first kappa shape index (κ1) is 9.65. The minimum Gasteiger partial charge on any atom is -0.449 e. The largest absolute Gasteiger partial charge is 0.449 e. The Morgan fingerprint density at radius 2 is 2.07 bits per heavy atom. The molecule has 14 heavy (non-hydrogen) atoms. The Morgan fingerprint density at radius 1 is 1.36 bits per heavy atom. The molecule has 1 aliphatic heterocycles. The molecular formula is C10H12BrNO2. The van der Waals surface area contributed by atoms with Gasteiger partial charge in [0.1, 0.15) is 0 Å². The first-order valence-electron chi connectivity index (χ1n) is 4.38. The standard InChI is InChI=1S/C10H12BrNO2/c1-10(2)13-8-4-6(5-11)3-7(12)9(8)14-10/h3-4H,5,12H2,1-2H3. The van der Waals surface area contributed by atoms with Gasteiger partial charge in [-0.3, -0.25) is 0 Å². The summed E-state index contributed by atoms with van der Waals surface area (Å²) in [5, 5.41) is 0.758. The van der Waals surface area contributed by atoms with Crippen LogP contribution in [0.2, 0.25) is 0 Å². The zero-order valence-corrected chi connectivity index (χ0v) is 9.72. The average Bonchev–Trinajstić information content (AvgIpc) is 2.40. The Hall–Kier alpha value is -0.900. The number of halogens is 1. The van der Waals surface area contributed by atoms with Crippen LogP contribution in [-0.2, 0) is 5.33 Å². The maximum Gasteiger partial charge on any atom is 0.246 e. The van der Waals surface area contributed by atoms with Gasteiger partial charge in [0.15, 0.2) is 11.5 Å². The Balaban J connectivity index is 2.47. The fourth-order valence-corrected chi connectivity index (χ4v) is 1.80. The van der Waals surface area contributed by atoms with E-state index in [1.54, 1.807) is 0 Å². The van der Waals surface area contributed by atoms with Crippen LogP contribution in [0.15, 0.2) is 12.1 Å². The van der Waals surface area contributed by atoms with Crippen molar-refractivity contribution in [3.8, 4) is 11.5 Å². The molecule has 1 aromatic carbocycles. The minimum atomic E-state index is -0.610. The summed E-state index contributed by atoms with van der Waals surface area (Å²) in [6.07, 6.45) is 0. The summed E-state index contributed by atoms with van der Waals surface area (Å²) in [5.41, 5.74) is 7.56. The normalized spacial score (nSPS) is 17.1.